The third kappa shape index (κ3) is 4.92. The second-order valence-corrected chi connectivity index (χ2v) is 6.19. The van der Waals surface area contributed by atoms with Crippen molar-refractivity contribution < 1.29 is 19.4 Å². The minimum absolute atomic E-state index is 0.201. The van der Waals surface area contributed by atoms with E-state index in [0.717, 1.165) is 4.90 Å². The first kappa shape index (κ1) is 16.6. The van der Waals surface area contributed by atoms with Crippen molar-refractivity contribution in [1.82, 2.24) is 4.90 Å². The molecule has 22 heavy (non-hydrogen) atoms. The molecule has 1 fully saturated rings. The van der Waals surface area contributed by atoms with E-state index in [0.29, 0.717) is 37.4 Å². The normalized spacial score (nSPS) is 17.4. The first-order valence-electron chi connectivity index (χ1n) is 7.12. The number of esters is 1. The fourth-order valence-electron chi connectivity index (χ4n) is 2.15. The number of thioether (sulfide) groups is 1. The molecule has 0 spiro atoms. The van der Waals surface area contributed by atoms with E-state index in [-0.39, 0.29) is 12.0 Å². The fourth-order valence-corrected chi connectivity index (χ4v) is 3.04. The third-order valence-corrected chi connectivity index (χ3v) is 4.33. The van der Waals surface area contributed by atoms with Crippen LogP contribution in [0.1, 0.15) is 12.8 Å². The van der Waals surface area contributed by atoms with Crippen molar-refractivity contribution >= 4 is 29.4 Å². The number of carbonyl (C=O) groups excluding carboxylic acids is 2. The number of β-amino-alcohol motifs (C(OH)–C–C–N with tert-alkyl or cyclic N) is 1. The topological polar surface area (TPSA) is 78.9 Å². The molecule has 0 unspecified atom stereocenters. The Hall–Kier alpha value is -1.73. The summed E-state index contributed by atoms with van der Waals surface area (Å²) >= 11 is 1.53. The number of aliphatic hydroxyl groups is 1. The molecule has 0 bridgehead atoms. The Kier molecular flexibility index (Phi) is 6.09. The van der Waals surface area contributed by atoms with Gasteiger partial charge in [-0.3, -0.25) is 4.79 Å². The van der Waals surface area contributed by atoms with E-state index in [1.54, 1.807) is 4.90 Å². The van der Waals surface area contributed by atoms with Crippen LogP contribution in [0.4, 0.5) is 10.5 Å². The monoisotopic (exact) mass is 324 g/mol. The summed E-state index contributed by atoms with van der Waals surface area (Å²) in [5.41, 5.74) is 0.703. The van der Waals surface area contributed by atoms with Gasteiger partial charge in [0.25, 0.3) is 0 Å². The van der Waals surface area contributed by atoms with Gasteiger partial charge in [-0.2, -0.15) is 0 Å². The van der Waals surface area contributed by atoms with E-state index in [4.69, 9.17) is 0 Å². The van der Waals surface area contributed by atoms with Crippen molar-refractivity contribution in [1.29, 1.82) is 0 Å². The zero-order chi connectivity index (χ0) is 15.9. The fraction of sp³-hybridized carbons (Fsp3) is 0.467. The Bertz CT molecular complexity index is 538. The third-order valence-electron chi connectivity index (χ3n) is 3.34. The lowest BCUT2D eigenvalue weighted by molar-refractivity contribution is -0.140. The maximum absolute atomic E-state index is 12.0. The number of likely N-dealkylation sites (tertiary alicyclic amines) is 1. The highest BCUT2D eigenvalue weighted by Gasteiger charge is 2.24. The number of urea groups is 1. The van der Waals surface area contributed by atoms with Gasteiger partial charge in [0.1, 0.15) is 0 Å². The minimum Gasteiger partial charge on any atom is -0.469 e. The highest BCUT2D eigenvalue weighted by molar-refractivity contribution is 7.99. The minimum atomic E-state index is -0.425. The Morgan fingerprint density at radius 2 is 2.32 bits per heavy atom. The number of nitrogens with zero attached hydrogens (tertiary/aromatic N) is 1. The number of benzene rings is 1. The average molecular weight is 324 g/mol. The summed E-state index contributed by atoms with van der Waals surface area (Å²) in [6.07, 6.45) is 0.547. The predicted octanol–water partition coefficient (Wildman–Crippen LogP) is 1.94. The lowest BCUT2D eigenvalue weighted by Gasteiger charge is -2.16. The molecule has 1 aromatic rings. The highest BCUT2D eigenvalue weighted by Crippen LogP contribution is 2.23. The molecule has 1 saturated heterocycles. The van der Waals surface area contributed by atoms with E-state index >= 15 is 0 Å². The molecule has 1 aromatic carbocycles. The van der Waals surface area contributed by atoms with Crippen LogP contribution in [-0.4, -0.2) is 54.1 Å². The van der Waals surface area contributed by atoms with Gasteiger partial charge in [0, 0.05) is 29.4 Å². The lowest BCUT2D eigenvalue weighted by atomic mass is 10.3. The molecule has 2 N–H and O–H groups in total. The Morgan fingerprint density at radius 1 is 1.50 bits per heavy atom. The SMILES string of the molecule is COC(=O)CCSc1cccc(NC(=O)N2CC[C@H](O)C2)c1. The number of ether oxygens (including phenoxy) is 1. The quantitative estimate of drug-likeness (QED) is 0.639. The number of nitrogens with one attached hydrogen (secondary N) is 1. The molecule has 0 radical (unpaired) electrons. The summed E-state index contributed by atoms with van der Waals surface area (Å²) in [4.78, 5) is 25.7. The summed E-state index contributed by atoms with van der Waals surface area (Å²) in [5, 5.41) is 12.3. The van der Waals surface area contributed by atoms with Gasteiger partial charge in [0.2, 0.25) is 0 Å². The van der Waals surface area contributed by atoms with E-state index in [1.165, 1.54) is 18.9 Å². The summed E-state index contributed by atoms with van der Waals surface area (Å²) in [5.74, 6) is 0.395. The van der Waals surface area contributed by atoms with E-state index in [2.05, 4.69) is 10.1 Å². The molecule has 120 valence electrons. The second-order valence-electron chi connectivity index (χ2n) is 5.02. The molecule has 1 heterocycles. The van der Waals surface area contributed by atoms with Crippen LogP contribution < -0.4 is 5.32 Å². The van der Waals surface area contributed by atoms with E-state index in [9.17, 15) is 14.7 Å². The molecule has 1 aliphatic heterocycles. The molecule has 6 nitrogen and oxygen atoms in total. The second kappa shape index (κ2) is 8.05. The van der Waals surface area contributed by atoms with Gasteiger partial charge in [-0.25, -0.2) is 4.79 Å². The predicted molar refractivity (Wildman–Crippen MR) is 85.0 cm³/mol. The Labute approximate surface area is 133 Å². The molecule has 2 rings (SSSR count). The van der Waals surface area contributed by atoms with Crippen molar-refractivity contribution in [3.63, 3.8) is 0 Å². The number of hydrogen-bond donors (Lipinski definition) is 2. The summed E-state index contributed by atoms with van der Waals surface area (Å²) < 4.78 is 4.59. The van der Waals surface area contributed by atoms with Crippen LogP contribution >= 0.6 is 11.8 Å². The molecule has 1 atom stereocenters. The zero-order valence-corrected chi connectivity index (χ0v) is 13.3. The molecule has 1 aliphatic rings. The van der Waals surface area contributed by atoms with Crippen molar-refractivity contribution in [2.45, 2.75) is 23.8 Å². The summed E-state index contributed by atoms with van der Waals surface area (Å²) in [7, 11) is 1.37. The molecular weight excluding hydrogens is 304 g/mol. The number of aliphatic hydroxyl groups excluding tert-OH is 1. The number of amides is 2. The first-order valence-corrected chi connectivity index (χ1v) is 8.10. The van der Waals surface area contributed by atoms with Crippen molar-refractivity contribution in [3.8, 4) is 0 Å². The molecular formula is C15H20N2O4S. The van der Waals surface area contributed by atoms with Crippen LogP contribution in [0.5, 0.6) is 0 Å². The smallest absolute Gasteiger partial charge is 0.321 e. The number of rotatable bonds is 5. The highest BCUT2D eigenvalue weighted by atomic mass is 32.2. The zero-order valence-electron chi connectivity index (χ0n) is 12.4. The van der Waals surface area contributed by atoms with Crippen molar-refractivity contribution in [2.24, 2.45) is 0 Å². The van der Waals surface area contributed by atoms with Crippen LogP contribution in [0.3, 0.4) is 0 Å². The molecule has 0 saturated carbocycles. The Balaban J connectivity index is 1.85. The van der Waals surface area contributed by atoms with Gasteiger partial charge in [-0.1, -0.05) is 6.07 Å². The summed E-state index contributed by atoms with van der Waals surface area (Å²) in [6.45, 7) is 0.944. The van der Waals surface area contributed by atoms with Gasteiger partial charge < -0.3 is 20.1 Å². The van der Waals surface area contributed by atoms with Crippen LogP contribution in [0, 0.1) is 0 Å². The van der Waals surface area contributed by atoms with Crippen LogP contribution in [0.2, 0.25) is 0 Å². The largest absolute Gasteiger partial charge is 0.469 e. The van der Waals surface area contributed by atoms with Gasteiger partial charge in [0.15, 0.2) is 0 Å². The molecule has 0 aromatic heterocycles. The Morgan fingerprint density at radius 3 is 3.00 bits per heavy atom. The molecule has 0 aliphatic carbocycles. The number of anilines is 1. The summed E-state index contributed by atoms with van der Waals surface area (Å²) in [6, 6.07) is 7.26. The lowest BCUT2D eigenvalue weighted by Crippen LogP contribution is -2.33. The van der Waals surface area contributed by atoms with E-state index < -0.39 is 6.10 Å². The van der Waals surface area contributed by atoms with Crippen molar-refractivity contribution in [3.05, 3.63) is 24.3 Å². The van der Waals surface area contributed by atoms with Gasteiger partial charge >= 0.3 is 12.0 Å². The standard InChI is InChI=1S/C15H20N2O4S/c1-21-14(19)6-8-22-13-4-2-3-11(9-13)16-15(20)17-7-5-12(18)10-17/h2-4,9,12,18H,5-8,10H2,1H3,(H,16,20)/t12-/m0/s1. The number of methoxy groups -OCH3 is 1. The maximum atomic E-state index is 12.0. The van der Waals surface area contributed by atoms with Crippen LogP contribution in [-0.2, 0) is 9.53 Å². The molecule has 7 heteroatoms. The maximum Gasteiger partial charge on any atom is 0.321 e. The molecule has 2 amide bonds. The number of hydrogen-bond acceptors (Lipinski definition) is 5. The van der Waals surface area contributed by atoms with Gasteiger partial charge in [-0.05, 0) is 24.6 Å². The van der Waals surface area contributed by atoms with Gasteiger partial charge in [0.05, 0.1) is 19.6 Å². The van der Waals surface area contributed by atoms with E-state index in [1.807, 2.05) is 24.3 Å². The number of carbonyl (C=O) groups is 2. The van der Waals surface area contributed by atoms with Crippen molar-refractivity contribution in [2.75, 3.05) is 31.3 Å². The van der Waals surface area contributed by atoms with Crippen LogP contribution in [0.25, 0.3) is 0 Å². The van der Waals surface area contributed by atoms with Crippen LogP contribution in [0.15, 0.2) is 29.2 Å². The first-order chi connectivity index (χ1) is 10.6. The average Bonchev–Trinajstić information content (AvgIpc) is 2.94. The van der Waals surface area contributed by atoms with Gasteiger partial charge in [-0.15, -0.1) is 11.8 Å².